The third-order valence-corrected chi connectivity index (χ3v) is 4.26. The summed E-state index contributed by atoms with van der Waals surface area (Å²) in [6.45, 7) is 2.98. The molecule has 0 radical (unpaired) electrons. The monoisotopic (exact) mass is 339 g/mol. The number of likely N-dealkylation sites (tertiary alicyclic amines) is 1. The maximum atomic E-state index is 12.3. The first-order valence-electron chi connectivity index (χ1n) is 6.73. The van der Waals surface area contributed by atoms with Crippen molar-refractivity contribution < 1.29 is 14.7 Å². The van der Waals surface area contributed by atoms with Gasteiger partial charge in [-0.15, -0.1) is 0 Å². The van der Waals surface area contributed by atoms with E-state index in [0.29, 0.717) is 25.9 Å². The van der Waals surface area contributed by atoms with Gasteiger partial charge in [0.1, 0.15) is 0 Å². The van der Waals surface area contributed by atoms with Gasteiger partial charge in [0.25, 0.3) is 0 Å². The van der Waals surface area contributed by atoms with Crippen LogP contribution in [0, 0.1) is 12.8 Å². The molecule has 0 unspecified atom stereocenters. The van der Waals surface area contributed by atoms with E-state index in [-0.39, 0.29) is 5.91 Å². The summed E-state index contributed by atoms with van der Waals surface area (Å²) < 4.78 is 0.995. The van der Waals surface area contributed by atoms with Crippen LogP contribution < -0.4 is 0 Å². The van der Waals surface area contributed by atoms with Crippen molar-refractivity contribution in [3.05, 3.63) is 33.8 Å². The van der Waals surface area contributed by atoms with Gasteiger partial charge in [0, 0.05) is 17.6 Å². The number of carbonyl (C=O) groups is 2. The molecule has 1 heterocycles. The maximum absolute atomic E-state index is 12.3. The highest BCUT2D eigenvalue weighted by atomic mass is 79.9. The zero-order valence-electron chi connectivity index (χ0n) is 11.4. The molecule has 1 aliphatic rings. The molecule has 0 aromatic heterocycles. The van der Waals surface area contributed by atoms with Crippen LogP contribution in [0.5, 0.6) is 0 Å². The number of piperidine rings is 1. The fourth-order valence-electron chi connectivity index (χ4n) is 2.54. The Balaban J connectivity index is 2.02. The number of carboxylic acids is 1. The Bertz CT molecular complexity index is 530. The molecule has 1 aliphatic heterocycles. The third-order valence-electron chi connectivity index (χ3n) is 3.77. The van der Waals surface area contributed by atoms with Gasteiger partial charge >= 0.3 is 5.97 Å². The van der Waals surface area contributed by atoms with Gasteiger partial charge in [0.15, 0.2) is 0 Å². The highest BCUT2D eigenvalue weighted by Gasteiger charge is 2.28. The van der Waals surface area contributed by atoms with Crippen molar-refractivity contribution in [1.82, 2.24) is 4.90 Å². The van der Waals surface area contributed by atoms with Gasteiger partial charge in [-0.25, -0.2) is 0 Å². The molecule has 1 saturated heterocycles. The van der Waals surface area contributed by atoms with Gasteiger partial charge in [-0.05, 0) is 43.0 Å². The van der Waals surface area contributed by atoms with Crippen LogP contribution in [0.2, 0.25) is 0 Å². The minimum absolute atomic E-state index is 0.0152. The van der Waals surface area contributed by atoms with Crippen molar-refractivity contribution in [2.75, 3.05) is 13.1 Å². The van der Waals surface area contributed by atoms with Crippen molar-refractivity contribution >= 4 is 27.8 Å². The Labute approximate surface area is 126 Å². The summed E-state index contributed by atoms with van der Waals surface area (Å²) in [5.74, 6) is -1.21. The van der Waals surface area contributed by atoms with Gasteiger partial charge in [0.2, 0.25) is 5.91 Å². The van der Waals surface area contributed by atoms with Crippen LogP contribution in [0.4, 0.5) is 0 Å². The summed E-state index contributed by atoms with van der Waals surface area (Å²) in [4.78, 5) is 25.0. The number of rotatable bonds is 3. The number of amides is 1. The number of aliphatic carboxylic acids is 1. The first-order valence-corrected chi connectivity index (χ1v) is 7.52. The maximum Gasteiger partial charge on any atom is 0.308 e. The number of hydrogen-bond acceptors (Lipinski definition) is 2. The molecule has 5 heteroatoms. The number of hydrogen-bond donors (Lipinski definition) is 1. The van der Waals surface area contributed by atoms with Crippen LogP contribution in [0.1, 0.15) is 24.0 Å². The highest BCUT2D eigenvalue weighted by Crippen LogP contribution is 2.20. The lowest BCUT2D eigenvalue weighted by atomic mass is 9.97. The summed E-state index contributed by atoms with van der Waals surface area (Å²) in [6.07, 6.45) is 1.77. The molecule has 0 spiro atoms. The van der Waals surface area contributed by atoms with Gasteiger partial charge in [0.05, 0.1) is 12.3 Å². The summed E-state index contributed by atoms with van der Waals surface area (Å²) >= 11 is 3.40. The highest BCUT2D eigenvalue weighted by molar-refractivity contribution is 9.10. The lowest BCUT2D eigenvalue weighted by molar-refractivity contribution is -0.145. The molecular formula is C15H18BrNO3. The van der Waals surface area contributed by atoms with E-state index in [2.05, 4.69) is 15.9 Å². The quantitative estimate of drug-likeness (QED) is 0.920. The first kappa shape index (κ1) is 15.0. The normalized spacial score (nSPS) is 18.9. The lowest BCUT2D eigenvalue weighted by Crippen LogP contribution is -2.43. The molecule has 2 rings (SSSR count). The largest absolute Gasteiger partial charge is 0.481 e. The number of nitrogens with zero attached hydrogens (tertiary/aromatic N) is 1. The van der Waals surface area contributed by atoms with Gasteiger partial charge in [-0.3, -0.25) is 9.59 Å². The fourth-order valence-corrected chi connectivity index (χ4v) is 3.01. The van der Waals surface area contributed by atoms with Crippen LogP contribution in [0.15, 0.2) is 22.7 Å². The molecule has 0 aliphatic carbocycles. The molecule has 108 valence electrons. The molecule has 4 nitrogen and oxygen atoms in total. The molecule has 1 atom stereocenters. The molecule has 0 saturated carbocycles. The smallest absolute Gasteiger partial charge is 0.308 e. The fraction of sp³-hybridized carbons (Fsp3) is 0.467. The summed E-state index contributed by atoms with van der Waals surface area (Å²) in [5.41, 5.74) is 2.06. The van der Waals surface area contributed by atoms with Gasteiger partial charge < -0.3 is 10.0 Å². The zero-order valence-corrected chi connectivity index (χ0v) is 13.0. The average molecular weight is 340 g/mol. The topological polar surface area (TPSA) is 57.6 Å². The van der Waals surface area contributed by atoms with E-state index in [1.807, 2.05) is 25.1 Å². The molecule has 1 N–H and O–H groups in total. The SMILES string of the molecule is Cc1cc(Br)ccc1CC(=O)N1CCC[C@H](C(=O)O)C1. The van der Waals surface area contributed by atoms with Crippen molar-refractivity contribution in [2.45, 2.75) is 26.2 Å². The minimum atomic E-state index is -0.803. The number of halogens is 1. The first-order chi connectivity index (χ1) is 9.47. The Morgan fingerprint density at radius 2 is 2.20 bits per heavy atom. The van der Waals surface area contributed by atoms with Crippen molar-refractivity contribution in [1.29, 1.82) is 0 Å². The van der Waals surface area contributed by atoms with E-state index in [0.717, 1.165) is 22.0 Å². The molecular weight excluding hydrogens is 322 g/mol. The van der Waals surface area contributed by atoms with Crippen molar-refractivity contribution in [3.8, 4) is 0 Å². The van der Waals surface area contributed by atoms with E-state index in [1.54, 1.807) is 4.90 Å². The van der Waals surface area contributed by atoms with Crippen LogP contribution in [0.3, 0.4) is 0 Å². The summed E-state index contributed by atoms with van der Waals surface area (Å²) in [7, 11) is 0. The van der Waals surface area contributed by atoms with E-state index < -0.39 is 11.9 Å². The third kappa shape index (κ3) is 3.60. The van der Waals surface area contributed by atoms with Crippen LogP contribution >= 0.6 is 15.9 Å². The lowest BCUT2D eigenvalue weighted by Gasteiger charge is -2.31. The predicted molar refractivity (Wildman–Crippen MR) is 79.5 cm³/mol. The zero-order chi connectivity index (χ0) is 14.7. The number of benzene rings is 1. The van der Waals surface area contributed by atoms with Crippen molar-refractivity contribution in [2.24, 2.45) is 5.92 Å². The number of carboxylic acid groups (broad SMARTS) is 1. The number of carbonyl (C=O) groups excluding carboxylic acids is 1. The van der Waals surface area contributed by atoms with Gasteiger partial charge in [-0.1, -0.05) is 22.0 Å². The van der Waals surface area contributed by atoms with E-state index in [1.165, 1.54) is 0 Å². The van der Waals surface area contributed by atoms with E-state index in [9.17, 15) is 9.59 Å². The summed E-state index contributed by atoms with van der Waals surface area (Å²) in [5, 5.41) is 9.06. The van der Waals surface area contributed by atoms with Crippen LogP contribution in [-0.4, -0.2) is 35.0 Å². The van der Waals surface area contributed by atoms with Gasteiger partial charge in [-0.2, -0.15) is 0 Å². The minimum Gasteiger partial charge on any atom is -0.481 e. The second-order valence-electron chi connectivity index (χ2n) is 5.26. The molecule has 1 fully saturated rings. The molecule has 0 bridgehead atoms. The van der Waals surface area contributed by atoms with Crippen LogP contribution in [-0.2, 0) is 16.0 Å². The van der Waals surface area contributed by atoms with Crippen LogP contribution in [0.25, 0.3) is 0 Å². The average Bonchev–Trinajstić information content (AvgIpc) is 2.42. The second kappa shape index (κ2) is 6.39. The Morgan fingerprint density at radius 3 is 2.85 bits per heavy atom. The molecule has 1 aromatic carbocycles. The predicted octanol–water partition coefficient (Wildman–Crippen LogP) is 2.62. The van der Waals surface area contributed by atoms with E-state index >= 15 is 0 Å². The summed E-state index contributed by atoms with van der Waals surface area (Å²) in [6, 6.07) is 5.85. The molecule has 1 amide bonds. The van der Waals surface area contributed by atoms with Crippen molar-refractivity contribution in [3.63, 3.8) is 0 Å². The second-order valence-corrected chi connectivity index (χ2v) is 6.18. The number of aryl methyl sites for hydroxylation is 1. The Morgan fingerprint density at radius 1 is 1.45 bits per heavy atom. The van der Waals surface area contributed by atoms with E-state index in [4.69, 9.17) is 5.11 Å². The Kier molecular flexibility index (Phi) is 4.81. The standard InChI is InChI=1S/C15H18BrNO3/c1-10-7-13(16)5-4-11(10)8-14(18)17-6-2-3-12(9-17)15(19)20/h4-5,7,12H,2-3,6,8-9H2,1H3,(H,19,20)/t12-/m0/s1. The molecule has 20 heavy (non-hydrogen) atoms. The molecule has 1 aromatic rings. The Hall–Kier alpha value is -1.36.